The lowest BCUT2D eigenvalue weighted by atomic mass is 9.91. The molecule has 0 radical (unpaired) electrons. The van der Waals surface area contributed by atoms with E-state index in [0.29, 0.717) is 0 Å². The molecule has 1 amide bonds. The monoisotopic (exact) mass is 342 g/mol. The van der Waals surface area contributed by atoms with Gasteiger partial charge in [0.1, 0.15) is 11.6 Å². The molecule has 0 fully saturated rings. The highest BCUT2D eigenvalue weighted by atomic mass is 19.1. The van der Waals surface area contributed by atoms with Crippen molar-refractivity contribution in [1.82, 2.24) is 0 Å². The van der Waals surface area contributed by atoms with Crippen LogP contribution in [0.1, 0.15) is 24.8 Å². The molecular formula is C19H16F2N2O2. The van der Waals surface area contributed by atoms with Crippen molar-refractivity contribution >= 4 is 17.4 Å². The van der Waals surface area contributed by atoms with Crippen LogP contribution >= 0.6 is 0 Å². The minimum Gasteiger partial charge on any atom is -0.322 e. The summed E-state index contributed by atoms with van der Waals surface area (Å²) >= 11 is 0. The molecule has 0 spiro atoms. The number of ketones is 1. The summed E-state index contributed by atoms with van der Waals surface area (Å²) in [6.45, 7) is 1.74. The van der Waals surface area contributed by atoms with Crippen LogP contribution in [0.5, 0.6) is 0 Å². The van der Waals surface area contributed by atoms with Gasteiger partial charge in [-0.05, 0) is 35.7 Å². The molecule has 0 heterocycles. The first-order valence-corrected chi connectivity index (χ1v) is 7.65. The average molecular weight is 342 g/mol. The third kappa shape index (κ3) is 4.70. The Bertz CT molecular complexity index is 813. The van der Waals surface area contributed by atoms with Crippen LogP contribution in [0.15, 0.2) is 48.5 Å². The fourth-order valence-electron chi connectivity index (χ4n) is 2.37. The second kappa shape index (κ2) is 8.15. The molecule has 0 aliphatic heterocycles. The number of rotatable bonds is 6. The quantitative estimate of drug-likeness (QED) is 0.812. The van der Waals surface area contributed by atoms with Crippen LogP contribution < -0.4 is 5.32 Å². The molecule has 0 saturated carbocycles. The van der Waals surface area contributed by atoms with Gasteiger partial charge in [0.2, 0.25) is 5.91 Å². The summed E-state index contributed by atoms with van der Waals surface area (Å²) in [5.41, 5.74) is 0.632. The molecule has 6 heteroatoms. The Morgan fingerprint density at radius 2 is 1.76 bits per heavy atom. The number of carbonyl (C=O) groups is 2. The van der Waals surface area contributed by atoms with Gasteiger partial charge in [0.05, 0.1) is 11.8 Å². The van der Waals surface area contributed by atoms with Crippen molar-refractivity contribution in [3.05, 3.63) is 65.7 Å². The number of hydrogen-bond acceptors (Lipinski definition) is 3. The molecule has 0 bridgehead atoms. The second-order valence-corrected chi connectivity index (χ2v) is 5.65. The van der Waals surface area contributed by atoms with E-state index in [1.807, 2.05) is 0 Å². The topological polar surface area (TPSA) is 70.0 Å². The predicted octanol–water partition coefficient (Wildman–Crippen LogP) is 3.81. The number of benzene rings is 2. The van der Waals surface area contributed by atoms with Crippen LogP contribution in [-0.4, -0.2) is 11.7 Å². The smallest absolute Gasteiger partial charge is 0.249 e. The van der Waals surface area contributed by atoms with Gasteiger partial charge in [0.15, 0.2) is 11.7 Å². The van der Waals surface area contributed by atoms with E-state index in [0.717, 1.165) is 11.6 Å². The van der Waals surface area contributed by atoms with Gasteiger partial charge < -0.3 is 5.32 Å². The van der Waals surface area contributed by atoms with Gasteiger partial charge in [-0.1, -0.05) is 31.2 Å². The number of hydrogen-bond donors (Lipinski definition) is 1. The third-order valence-corrected chi connectivity index (χ3v) is 3.79. The van der Waals surface area contributed by atoms with E-state index < -0.39 is 23.4 Å². The SMILES string of the molecule is CC(CC(=O)C(C#N)C(=O)Nc1ccccc1F)c1ccc(F)cc1. The largest absolute Gasteiger partial charge is 0.322 e. The number of Topliss-reactive ketones (excluding diaryl/α,β-unsaturated/α-hetero) is 1. The van der Waals surface area contributed by atoms with Crippen LogP contribution in [0.4, 0.5) is 14.5 Å². The number of nitriles is 1. The van der Waals surface area contributed by atoms with Crippen LogP contribution in [0.2, 0.25) is 0 Å². The van der Waals surface area contributed by atoms with Crippen LogP contribution in [0.3, 0.4) is 0 Å². The minimum atomic E-state index is -1.54. The van der Waals surface area contributed by atoms with Gasteiger partial charge in [-0.3, -0.25) is 9.59 Å². The van der Waals surface area contributed by atoms with Crippen molar-refractivity contribution in [2.45, 2.75) is 19.3 Å². The zero-order valence-electron chi connectivity index (χ0n) is 13.5. The number of nitrogens with one attached hydrogen (secondary N) is 1. The minimum absolute atomic E-state index is 0.0610. The van der Waals surface area contributed by atoms with Gasteiger partial charge in [0.25, 0.3) is 0 Å². The Balaban J connectivity index is 2.05. The fraction of sp³-hybridized carbons (Fsp3) is 0.211. The Hall–Kier alpha value is -3.07. The fourth-order valence-corrected chi connectivity index (χ4v) is 2.37. The Labute approximate surface area is 144 Å². The van der Waals surface area contributed by atoms with E-state index in [1.54, 1.807) is 25.1 Å². The molecule has 25 heavy (non-hydrogen) atoms. The summed E-state index contributed by atoms with van der Waals surface area (Å²) in [5, 5.41) is 11.4. The number of para-hydroxylation sites is 1. The average Bonchev–Trinajstić information content (AvgIpc) is 2.58. The first-order valence-electron chi connectivity index (χ1n) is 7.65. The van der Waals surface area contributed by atoms with Crippen LogP contribution in [0.25, 0.3) is 0 Å². The predicted molar refractivity (Wildman–Crippen MR) is 88.6 cm³/mol. The first-order chi connectivity index (χ1) is 11.9. The molecular weight excluding hydrogens is 326 g/mol. The number of amides is 1. The summed E-state index contributed by atoms with van der Waals surface area (Å²) in [5.74, 6) is -4.31. The van der Waals surface area contributed by atoms with E-state index in [1.165, 1.54) is 30.3 Å². The second-order valence-electron chi connectivity index (χ2n) is 5.65. The zero-order valence-corrected chi connectivity index (χ0v) is 13.5. The highest BCUT2D eigenvalue weighted by molar-refractivity contribution is 6.09. The Morgan fingerprint density at radius 3 is 2.36 bits per heavy atom. The van der Waals surface area contributed by atoms with E-state index in [9.17, 15) is 18.4 Å². The summed E-state index contributed by atoms with van der Waals surface area (Å²) < 4.78 is 26.5. The number of nitrogens with zero attached hydrogens (tertiary/aromatic N) is 1. The lowest BCUT2D eigenvalue weighted by Crippen LogP contribution is -2.29. The van der Waals surface area contributed by atoms with Gasteiger partial charge >= 0.3 is 0 Å². The number of halogens is 2. The van der Waals surface area contributed by atoms with Gasteiger partial charge in [-0.15, -0.1) is 0 Å². The van der Waals surface area contributed by atoms with Crippen molar-refractivity contribution in [1.29, 1.82) is 5.26 Å². The Morgan fingerprint density at radius 1 is 1.12 bits per heavy atom. The molecule has 2 rings (SSSR count). The van der Waals surface area contributed by atoms with Crippen molar-refractivity contribution in [2.75, 3.05) is 5.32 Å². The summed E-state index contributed by atoms with van der Waals surface area (Å²) in [4.78, 5) is 24.4. The first kappa shape index (κ1) is 18.3. The molecule has 2 aromatic carbocycles. The Kier molecular flexibility index (Phi) is 5.96. The molecule has 0 aliphatic carbocycles. The maximum Gasteiger partial charge on any atom is 0.249 e. The lowest BCUT2D eigenvalue weighted by molar-refractivity contribution is -0.129. The van der Waals surface area contributed by atoms with Crippen molar-refractivity contribution < 1.29 is 18.4 Å². The maximum absolute atomic E-state index is 13.6. The van der Waals surface area contributed by atoms with E-state index in [4.69, 9.17) is 5.26 Å². The number of anilines is 1. The molecule has 0 saturated heterocycles. The molecule has 2 atom stereocenters. The van der Waals surface area contributed by atoms with E-state index in [2.05, 4.69) is 5.32 Å². The van der Waals surface area contributed by atoms with Crippen LogP contribution in [-0.2, 0) is 9.59 Å². The zero-order chi connectivity index (χ0) is 18.4. The maximum atomic E-state index is 13.6. The standard InChI is InChI=1S/C19H16F2N2O2/c1-12(13-6-8-14(20)9-7-13)10-18(24)15(11-22)19(25)23-17-5-3-2-4-16(17)21/h2-9,12,15H,10H2,1H3,(H,23,25). The molecule has 0 aliphatic rings. The molecule has 1 N–H and O–H groups in total. The van der Waals surface area contributed by atoms with E-state index in [-0.39, 0.29) is 23.8 Å². The molecule has 128 valence electrons. The summed E-state index contributed by atoms with van der Waals surface area (Å²) in [6.07, 6.45) is -0.0610. The molecule has 4 nitrogen and oxygen atoms in total. The lowest BCUT2D eigenvalue weighted by Gasteiger charge is -2.14. The van der Waals surface area contributed by atoms with Gasteiger partial charge in [0, 0.05) is 6.42 Å². The summed E-state index contributed by atoms with van der Waals surface area (Å²) in [6, 6.07) is 12.8. The van der Waals surface area contributed by atoms with Crippen molar-refractivity contribution in [3.8, 4) is 6.07 Å². The highest BCUT2D eigenvalue weighted by Crippen LogP contribution is 2.22. The van der Waals surface area contributed by atoms with Crippen LogP contribution in [0, 0.1) is 28.9 Å². The molecule has 0 aromatic heterocycles. The van der Waals surface area contributed by atoms with Gasteiger partial charge in [-0.2, -0.15) is 5.26 Å². The normalized spacial score (nSPS) is 12.7. The number of carbonyl (C=O) groups excluding carboxylic acids is 2. The molecule has 2 unspecified atom stereocenters. The van der Waals surface area contributed by atoms with Crippen molar-refractivity contribution in [2.24, 2.45) is 5.92 Å². The van der Waals surface area contributed by atoms with Gasteiger partial charge in [-0.25, -0.2) is 8.78 Å². The third-order valence-electron chi connectivity index (χ3n) is 3.79. The van der Waals surface area contributed by atoms with Crippen molar-refractivity contribution in [3.63, 3.8) is 0 Å². The summed E-state index contributed by atoms with van der Waals surface area (Å²) in [7, 11) is 0. The molecule has 2 aromatic rings. The van der Waals surface area contributed by atoms with E-state index >= 15 is 0 Å². The highest BCUT2D eigenvalue weighted by Gasteiger charge is 2.28.